The molecule has 6 heteroatoms. The Labute approximate surface area is 110 Å². The Hall–Kier alpha value is -1.72. The Balaban J connectivity index is 4.30. The van der Waals surface area contributed by atoms with Crippen LogP contribution in [-0.4, -0.2) is 25.9 Å². The van der Waals surface area contributed by atoms with Crippen LogP contribution in [0.25, 0.3) is 0 Å². The van der Waals surface area contributed by atoms with Gasteiger partial charge in [0, 0.05) is 6.42 Å². The van der Waals surface area contributed by atoms with Gasteiger partial charge in [0.1, 0.15) is 5.76 Å². The van der Waals surface area contributed by atoms with Crippen molar-refractivity contribution in [2.75, 3.05) is 13.7 Å². The summed E-state index contributed by atoms with van der Waals surface area (Å²) in [6, 6.07) is 0. The molecule has 0 rings (SSSR count). The van der Waals surface area contributed by atoms with Crippen molar-refractivity contribution in [3.8, 4) is 0 Å². The summed E-state index contributed by atoms with van der Waals surface area (Å²) in [5.41, 5.74) is -0.840. The average molecular weight is 278 g/mol. The van der Waals surface area contributed by atoms with Crippen LogP contribution in [0.4, 0.5) is 13.2 Å². The second-order valence-electron chi connectivity index (χ2n) is 3.59. The fraction of sp³-hybridized carbons (Fsp3) is 0.462. The Morgan fingerprint density at radius 3 is 2.47 bits per heavy atom. The van der Waals surface area contributed by atoms with Crippen LogP contribution in [0.2, 0.25) is 0 Å². The van der Waals surface area contributed by atoms with Gasteiger partial charge in [0.15, 0.2) is 0 Å². The molecule has 0 spiro atoms. The zero-order valence-corrected chi connectivity index (χ0v) is 10.9. The molecule has 0 saturated heterocycles. The zero-order chi connectivity index (χ0) is 14.9. The third-order valence-corrected chi connectivity index (χ3v) is 2.03. The molecule has 108 valence electrons. The highest BCUT2D eigenvalue weighted by molar-refractivity contribution is 5.68. The molecule has 0 aromatic rings. The van der Waals surface area contributed by atoms with Crippen molar-refractivity contribution in [1.29, 1.82) is 0 Å². The molecule has 0 heterocycles. The van der Waals surface area contributed by atoms with Crippen LogP contribution >= 0.6 is 0 Å². The minimum Gasteiger partial charge on any atom is -0.494 e. The highest BCUT2D eigenvalue weighted by Gasteiger charge is 2.31. The van der Waals surface area contributed by atoms with Gasteiger partial charge in [-0.05, 0) is 19.4 Å². The lowest BCUT2D eigenvalue weighted by molar-refractivity contribution is -0.140. The van der Waals surface area contributed by atoms with E-state index in [2.05, 4.69) is 11.3 Å². The van der Waals surface area contributed by atoms with Gasteiger partial charge in [-0.1, -0.05) is 18.7 Å². The van der Waals surface area contributed by atoms with Crippen molar-refractivity contribution in [2.45, 2.75) is 25.9 Å². The quantitative estimate of drug-likeness (QED) is 0.309. The summed E-state index contributed by atoms with van der Waals surface area (Å²) in [6.45, 7) is 4.97. The van der Waals surface area contributed by atoms with E-state index < -0.39 is 17.7 Å². The van der Waals surface area contributed by atoms with Gasteiger partial charge in [0.05, 0.1) is 19.3 Å². The number of alkyl halides is 3. The molecule has 0 radical (unpaired) electrons. The van der Waals surface area contributed by atoms with E-state index in [0.717, 1.165) is 12.2 Å². The van der Waals surface area contributed by atoms with Crippen LogP contribution in [0.5, 0.6) is 0 Å². The summed E-state index contributed by atoms with van der Waals surface area (Å²) < 4.78 is 47.0. The van der Waals surface area contributed by atoms with Crippen molar-refractivity contribution in [1.82, 2.24) is 0 Å². The van der Waals surface area contributed by atoms with Crippen LogP contribution in [0.1, 0.15) is 19.8 Å². The van der Waals surface area contributed by atoms with E-state index in [9.17, 15) is 18.0 Å². The topological polar surface area (TPSA) is 35.5 Å². The number of carbonyl (C=O) groups is 1. The number of halogens is 3. The summed E-state index contributed by atoms with van der Waals surface area (Å²) in [7, 11) is 1.26. The van der Waals surface area contributed by atoms with Gasteiger partial charge in [0.25, 0.3) is 0 Å². The SMILES string of the molecule is C=C(/C=C(\C=C/C)C(F)(F)F)OCCCC(=O)OC. The second kappa shape index (κ2) is 8.39. The van der Waals surface area contributed by atoms with Gasteiger partial charge in [-0.3, -0.25) is 4.79 Å². The summed E-state index contributed by atoms with van der Waals surface area (Å²) >= 11 is 0. The van der Waals surface area contributed by atoms with Crippen LogP contribution in [0, 0.1) is 0 Å². The number of allylic oxidation sites excluding steroid dienone is 4. The predicted molar refractivity (Wildman–Crippen MR) is 65.3 cm³/mol. The minimum absolute atomic E-state index is 0.102. The van der Waals surface area contributed by atoms with E-state index in [0.29, 0.717) is 6.42 Å². The summed E-state index contributed by atoms with van der Waals surface area (Å²) in [6.07, 6.45) is -0.922. The molecule has 0 N–H and O–H groups in total. The van der Waals surface area contributed by atoms with E-state index in [1.807, 2.05) is 0 Å². The maximum absolute atomic E-state index is 12.5. The first-order valence-electron chi connectivity index (χ1n) is 5.61. The largest absolute Gasteiger partial charge is 0.494 e. The fourth-order valence-corrected chi connectivity index (χ4v) is 1.14. The summed E-state index contributed by atoms with van der Waals surface area (Å²) in [5.74, 6) is -0.495. The van der Waals surface area contributed by atoms with Crippen molar-refractivity contribution in [3.63, 3.8) is 0 Å². The molecular weight excluding hydrogens is 261 g/mol. The fourth-order valence-electron chi connectivity index (χ4n) is 1.14. The molecule has 3 nitrogen and oxygen atoms in total. The highest BCUT2D eigenvalue weighted by atomic mass is 19.4. The molecule has 0 unspecified atom stereocenters. The number of esters is 1. The molecule has 0 bridgehead atoms. The smallest absolute Gasteiger partial charge is 0.416 e. The Bertz CT molecular complexity index is 368. The van der Waals surface area contributed by atoms with E-state index in [4.69, 9.17) is 4.74 Å². The molecule has 0 amide bonds. The monoisotopic (exact) mass is 278 g/mol. The van der Waals surface area contributed by atoms with Gasteiger partial charge >= 0.3 is 12.1 Å². The van der Waals surface area contributed by atoms with E-state index in [-0.39, 0.29) is 18.8 Å². The molecule has 0 aromatic carbocycles. The van der Waals surface area contributed by atoms with E-state index in [1.54, 1.807) is 0 Å². The molecule has 0 aliphatic carbocycles. The summed E-state index contributed by atoms with van der Waals surface area (Å²) in [4.78, 5) is 10.8. The number of hydrogen-bond acceptors (Lipinski definition) is 3. The van der Waals surface area contributed by atoms with Gasteiger partial charge in [-0.15, -0.1) is 0 Å². The molecule has 19 heavy (non-hydrogen) atoms. The van der Waals surface area contributed by atoms with Crippen molar-refractivity contribution >= 4 is 5.97 Å². The molecule has 0 fully saturated rings. The van der Waals surface area contributed by atoms with E-state index >= 15 is 0 Å². The third-order valence-electron chi connectivity index (χ3n) is 2.03. The molecule has 0 atom stereocenters. The van der Waals surface area contributed by atoms with Crippen LogP contribution in [-0.2, 0) is 14.3 Å². The number of hydrogen-bond donors (Lipinski definition) is 0. The summed E-state index contributed by atoms with van der Waals surface area (Å²) in [5, 5.41) is 0. The van der Waals surface area contributed by atoms with Crippen LogP contribution in [0.15, 0.2) is 36.1 Å². The maximum atomic E-state index is 12.5. The lowest BCUT2D eigenvalue weighted by Gasteiger charge is -2.10. The first-order valence-corrected chi connectivity index (χ1v) is 5.61. The molecule has 0 saturated carbocycles. The first-order chi connectivity index (χ1) is 8.81. The minimum atomic E-state index is -4.45. The molecular formula is C13H17F3O3. The molecule has 0 aliphatic rings. The first kappa shape index (κ1) is 17.3. The normalized spacial score (nSPS) is 12.6. The lowest BCUT2D eigenvalue weighted by atomic mass is 10.2. The Morgan fingerprint density at radius 1 is 1.37 bits per heavy atom. The van der Waals surface area contributed by atoms with Gasteiger partial charge < -0.3 is 9.47 Å². The van der Waals surface area contributed by atoms with Crippen LogP contribution in [0.3, 0.4) is 0 Å². The Morgan fingerprint density at radius 2 is 2.00 bits per heavy atom. The number of methoxy groups -OCH3 is 1. The standard InChI is InChI=1S/C13H17F3O3/c1-4-6-11(13(14,15)16)9-10(2)19-8-5-7-12(17)18-3/h4,6,9H,2,5,7-8H2,1,3H3/b6-4-,11-9+. The van der Waals surface area contributed by atoms with Gasteiger partial charge in [-0.2, -0.15) is 13.2 Å². The second-order valence-corrected chi connectivity index (χ2v) is 3.59. The van der Waals surface area contributed by atoms with E-state index in [1.165, 1.54) is 20.1 Å². The van der Waals surface area contributed by atoms with Crippen molar-refractivity contribution in [2.24, 2.45) is 0 Å². The lowest BCUT2D eigenvalue weighted by Crippen LogP contribution is -2.10. The predicted octanol–water partition coefficient (Wildman–Crippen LogP) is 3.53. The van der Waals surface area contributed by atoms with Gasteiger partial charge in [0.2, 0.25) is 0 Å². The Kier molecular flexibility index (Phi) is 7.63. The molecule has 0 aliphatic heterocycles. The number of rotatable bonds is 7. The van der Waals surface area contributed by atoms with Crippen LogP contribution < -0.4 is 0 Å². The molecule has 0 aromatic heterocycles. The maximum Gasteiger partial charge on any atom is 0.416 e. The third kappa shape index (κ3) is 8.07. The van der Waals surface area contributed by atoms with Gasteiger partial charge in [-0.25, -0.2) is 0 Å². The average Bonchev–Trinajstić information content (AvgIpc) is 2.32. The highest BCUT2D eigenvalue weighted by Crippen LogP contribution is 2.27. The number of ether oxygens (including phenoxy) is 2. The number of carbonyl (C=O) groups excluding carboxylic acids is 1. The van der Waals surface area contributed by atoms with Crippen molar-refractivity contribution in [3.05, 3.63) is 36.1 Å². The zero-order valence-electron chi connectivity index (χ0n) is 10.9. The van der Waals surface area contributed by atoms with Crippen molar-refractivity contribution < 1.29 is 27.4 Å².